The summed E-state index contributed by atoms with van der Waals surface area (Å²) in [5.74, 6) is 0.890. The van der Waals surface area contributed by atoms with Crippen LogP contribution in [0, 0.1) is 6.92 Å². The maximum Gasteiger partial charge on any atom is 0.130 e. The van der Waals surface area contributed by atoms with E-state index < -0.39 is 0 Å². The van der Waals surface area contributed by atoms with Crippen LogP contribution >= 0.6 is 0 Å². The van der Waals surface area contributed by atoms with Gasteiger partial charge in [0.25, 0.3) is 0 Å². The largest absolute Gasteiger partial charge is 0.496 e. The normalized spacial score (nSPS) is 12.1. The lowest BCUT2D eigenvalue weighted by atomic mass is 9.89. The molecule has 1 aromatic heterocycles. The summed E-state index contributed by atoms with van der Waals surface area (Å²) in [4.78, 5) is 4.45. The van der Waals surface area contributed by atoms with E-state index in [1.165, 1.54) is 21.9 Å². The maximum atomic E-state index is 6.33. The second-order valence-electron chi connectivity index (χ2n) is 7.51. The first-order valence-corrected chi connectivity index (χ1v) is 9.93. The molecule has 0 aliphatic carbocycles. The van der Waals surface area contributed by atoms with E-state index in [1.54, 1.807) is 7.11 Å². The summed E-state index contributed by atoms with van der Waals surface area (Å²) in [6.07, 6.45) is 2.66. The van der Waals surface area contributed by atoms with Crippen LogP contribution < -0.4 is 10.5 Å². The lowest BCUT2D eigenvalue weighted by Crippen LogP contribution is -2.09. The summed E-state index contributed by atoms with van der Waals surface area (Å²) < 4.78 is 5.89. The Hall–Kier alpha value is -3.17. The molecular formula is C26H26N2O. The number of nitrogens with two attached hydrogens (primary N) is 1. The molecule has 0 fully saturated rings. The third-order valence-corrected chi connectivity index (χ3v) is 5.46. The van der Waals surface area contributed by atoms with Gasteiger partial charge in [0.15, 0.2) is 0 Å². The predicted octanol–water partition coefficient (Wildman–Crippen LogP) is 5.83. The molecule has 1 unspecified atom stereocenters. The Morgan fingerprint density at radius 3 is 2.52 bits per heavy atom. The van der Waals surface area contributed by atoms with E-state index in [2.05, 4.69) is 65.6 Å². The van der Waals surface area contributed by atoms with Crippen molar-refractivity contribution in [3.05, 3.63) is 95.3 Å². The number of fused-ring (bicyclic) bond motifs is 1. The predicted molar refractivity (Wildman–Crippen MR) is 120 cm³/mol. The number of methoxy groups -OCH3 is 1. The molecule has 0 amide bonds. The molecule has 1 atom stereocenters. The summed E-state index contributed by atoms with van der Waals surface area (Å²) in [5, 5.41) is 2.47. The number of pyridine rings is 1. The van der Waals surface area contributed by atoms with Crippen LogP contribution in [0.3, 0.4) is 0 Å². The Labute approximate surface area is 172 Å². The van der Waals surface area contributed by atoms with Gasteiger partial charge in [-0.05, 0) is 47.4 Å². The van der Waals surface area contributed by atoms with E-state index in [-0.39, 0.29) is 6.04 Å². The molecule has 0 bridgehead atoms. The summed E-state index contributed by atoms with van der Waals surface area (Å²) in [7, 11) is 1.74. The standard InChI is InChI=1S/C26H26N2O/c1-17-11-12-21(16-28-17)24-10-6-8-20(26(24)29-3)15-25-22(18(2)27)14-13-19-7-4-5-9-23(19)25/h4-14,16,18H,15,27H2,1-3H3. The third kappa shape index (κ3) is 3.74. The van der Waals surface area contributed by atoms with Gasteiger partial charge in [-0.2, -0.15) is 0 Å². The zero-order valence-corrected chi connectivity index (χ0v) is 17.1. The van der Waals surface area contributed by atoms with Gasteiger partial charge in [-0.3, -0.25) is 4.98 Å². The first-order valence-electron chi connectivity index (χ1n) is 9.93. The van der Waals surface area contributed by atoms with Crippen molar-refractivity contribution in [1.29, 1.82) is 0 Å². The van der Waals surface area contributed by atoms with Gasteiger partial charge in [-0.25, -0.2) is 0 Å². The van der Waals surface area contributed by atoms with E-state index in [1.807, 2.05) is 26.1 Å². The molecule has 4 rings (SSSR count). The molecule has 4 aromatic rings. The zero-order valence-electron chi connectivity index (χ0n) is 17.1. The number of benzene rings is 3. The quantitative estimate of drug-likeness (QED) is 0.472. The molecule has 29 heavy (non-hydrogen) atoms. The van der Waals surface area contributed by atoms with Crippen molar-refractivity contribution in [3.8, 4) is 16.9 Å². The summed E-state index contributed by atoms with van der Waals surface area (Å²) in [6, 6.07) is 23.2. The molecule has 3 aromatic carbocycles. The molecule has 3 heteroatoms. The average Bonchev–Trinajstić information content (AvgIpc) is 2.74. The van der Waals surface area contributed by atoms with E-state index >= 15 is 0 Å². The molecule has 0 aliphatic heterocycles. The number of nitrogens with zero attached hydrogens (tertiary/aromatic N) is 1. The summed E-state index contributed by atoms with van der Waals surface area (Å²) in [6.45, 7) is 4.03. The molecule has 0 saturated carbocycles. The van der Waals surface area contributed by atoms with Crippen molar-refractivity contribution in [2.24, 2.45) is 5.73 Å². The van der Waals surface area contributed by atoms with E-state index in [4.69, 9.17) is 10.5 Å². The Balaban J connectivity index is 1.86. The second-order valence-corrected chi connectivity index (χ2v) is 7.51. The van der Waals surface area contributed by atoms with Crippen molar-refractivity contribution < 1.29 is 4.74 Å². The highest BCUT2D eigenvalue weighted by atomic mass is 16.5. The molecule has 0 spiro atoms. The second kappa shape index (κ2) is 8.06. The number of para-hydroxylation sites is 1. The van der Waals surface area contributed by atoms with Crippen LogP contribution in [0.4, 0.5) is 0 Å². The fraction of sp³-hybridized carbons (Fsp3) is 0.192. The van der Waals surface area contributed by atoms with E-state index in [0.717, 1.165) is 34.6 Å². The van der Waals surface area contributed by atoms with Crippen LogP contribution in [0.1, 0.15) is 35.3 Å². The van der Waals surface area contributed by atoms with Gasteiger partial charge in [0, 0.05) is 35.5 Å². The zero-order chi connectivity index (χ0) is 20.4. The van der Waals surface area contributed by atoms with Crippen LogP contribution in [-0.2, 0) is 6.42 Å². The van der Waals surface area contributed by atoms with Crippen molar-refractivity contribution in [2.45, 2.75) is 26.3 Å². The van der Waals surface area contributed by atoms with Crippen LogP contribution in [0.15, 0.2) is 72.9 Å². The van der Waals surface area contributed by atoms with Crippen LogP contribution in [0.5, 0.6) is 5.75 Å². The smallest absolute Gasteiger partial charge is 0.130 e. The van der Waals surface area contributed by atoms with E-state index in [0.29, 0.717) is 0 Å². The highest BCUT2D eigenvalue weighted by Crippen LogP contribution is 2.36. The topological polar surface area (TPSA) is 48.1 Å². The Morgan fingerprint density at radius 2 is 1.79 bits per heavy atom. The fourth-order valence-electron chi connectivity index (χ4n) is 3.99. The van der Waals surface area contributed by atoms with Crippen LogP contribution in [0.2, 0.25) is 0 Å². The molecule has 2 N–H and O–H groups in total. The Kier molecular flexibility index (Phi) is 5.32. The van der Waals surface area contributed by atoms with Gasteiger partial charge in [0.05, 0.1) is 7.11 Å². The molecule has 3 nitrogen and oxygen atoms in total. The first kappa shape index (κ1) is 19.2. The molecule has 1 heterocycles. The van der Waals surface area contributed by atoms with Crippen molar-refractivity contribution in [3.63, 3.8) is 0 Å². The number of ether oxygens (including phenoxy) is 1. The van der Waals surface area contributed by atoms with Gasteiger partial charge >= 0.3 is 0 Å². The molecule has 0 aliphatic rings. The minimum Gasteiger partial charge on any atom is -0.496 e. The highest BCUT2D eigenvalue weighted by Gasteiger charge is 2.16. The highest BCUT2D eigenvalue weighted by molar-refractivity contribution is 5.87. The number of hydrogen-bond donors (Lipinski definition) is 1. The van der Waals surface area contributed by atoms with Crippen LogP contribution in [-0.4, -0.2) is 12.1 Å². The number of aromatic nitrogens is 1. The molecule has 0 radical (unpaired) electrons. The number of rotatable bonds is 5. The van der Waals surface area contributed by atoms with Gasteiger partial charge in [0.1, 0.15) is 5.75 Å². The van der Waals surface area contributed by atoms with Crippen LogP contribution in [0.25, 0.3) is 21.9 Å². The molecule has 146 valence electrons. The minimum absolute atomic E-state index is 0.0370. The summed E-state index contributed by atoms with van der Waals surface area (Å²) in [5.41, 5.74) is 13.0. The lowest BCUT2D eigenvalue weighted by molar-refractivity contribution is 0.412. The summed E-state index contributed by atoms with van der Waals surface area (Å²) >= 11 is 0. The van der Waals surface area contributed by atoms with Gasteiger partial charge in [-0.1, -0.05) is 60.7 Å². The van der Waals surface area contributed by atoms with Gasteiger partial charge < -0.3 is 10.5 Å². The minimum atomic E-state index is -0.0370. The molecule has 0 saturated heterocycles. The van der Waals surface area contributed by atoms with Crippen molar-refractivity contribution in [2.75, 3.05) is 7.11 Å². The third-order valence-electron chi connectivity index (χ3n) is 5.46. The van der Waals surface area contributed by atoms with Gasteiger partial charge in [-0.15, -0.1) is 0 Å². The SMILES string of the molecule is COc1c(Cc2c(C(C)N)ccc3ccccc23)cccc1-c1ccc(C)nc1. The van der Waals surface area contributed by atoms with Gasteiger partial charge in [0.2, 0.25) is 0 Å². The Morgan fingerprint density at radius 1 is 0.966 bits per heavy atom. The number of hydrogen-bond acceptors (Lipinski definition) is 3. The lowest BCUT2D eigenvalue weighted by Gasteiger charge is -2.19. The van der Waals surface area contributed by atoms with Crippen molar-refractivity contribution >= 4 is 10.8 Å². The fourth-order valence-corrected chi connectivity index (χ4v) is 3.99. The first-order chi connectivity index (χ1) is 14.1. The van der Waals surface area contributed by atoms with Crippen molar-refractivity contribution in [1.82, 2.24) is 4.98 Å². The number of aryl methyl sites for hydroxylation is 1. The average molecular weight is 383 g/mol. The monoisotopic (exact) mass is 382 g/mol. The molecular weight excluding hydrogens is 356 g/mol. The van der Waals surface area contributed by atoms with E-state index in [9.17, 15) is 0 Å². The Bertz CT molecular complexity index is 1150. The maximum absolute atomic E-state index is 6.33.